The van der Waals surface area contributed by atoms with E-state index in [-0.39, 0.29) is 5.84 Å². The highest BCUT2D eigenvalue weighted by molar-refractivity contribution is 5.95. The zero-order valence-electron chi connectivity index (χ0n) is 6.46. The van der Waals surface area contributed by atoms with E-state index < -0.39 is 0 Å². The van der Waals surface area contributed by atoms with Crippen molar-refractivity contribution in [2.24, 2.45) is 5.73 Å². The van der Waals surface area contributed by atoms with Gasteiger partial charge in [0.05, 0.1) is 5.69 Å². The van der Waals surface area contributed by atoms with Gasteiger partial charge in [0.15, 0.2) is 0 Å². The summed E-state index contributed by atoms with van der Waals surface area (Å²) in [6.45, 7) is 1.99. The van der Waals surface area contributed by atoms with Crippen molar-refractivity contribution in [2.75, 3.05) is 0 Å². The van der Waals surface area contributed by atoms with Gasteiger partial charge in [0.25, 0.3) is 0 Å². The molecule has 0 fully saturated rings. The maximum atomic E-state index is 7.22. The van der Waals surface area contributed by atoms with E-state index in [1.165, 1.54) is 0 Å². The van der Waals surface area contributed by atoms with E-state index in [9.17, 15) is 0 Å². The maximum absolute atomic E-state index is 7.22. The lowest BCUT2D eigenvalue weighted by atomic mass is 10.1. The molecular formula is C8H11N3. The molecule has 0 saturated carbocycles. The van der Waals surface area contributed by atoms with Crippen LogP contribution in [0.25, 0.3) is 0 Å². The maximum Gasteiger partial charge on any atom is 0.124 e. The Morgan fingerprint density at radius 3 is 2.91 bits per heavy atom. The smallest absolute Gasteiger partial charge is 0.124 e. The van der Waals surface area contributed by atoms with Crippen LogP contribution in [-0.4, -0.2) is 10.8 Å². The van der Waals surface area contributed by atoms with E-state index in [0.717, 1.165) is 17.7 Å². The number of hydrogen-bond acceptors (Lipinski definition) is 2. The first kappa shape index (κ1) is 7.72. The fourth-order valence-corrected chi connectivity index (χ4v) is 0.965. The molecule has 58 valence electrons. The Bertz CT molecular complexity index is 268. The lowest BCUT2D eigenvalue weighted by Gasteiger charge is -2.02. The molecule has 0 aromatic carbocycles. The normalized spacial score (nSPS) is 9.55. The molecule has 0 spiro atoms. The van der Waals surface area contributed by atoms with Gasteiger partial charge in [-0.3, -0.25) is 10.4 Å². The Morgan fingerprint density at radius 2 is 2.45 bits per heavy atom. The average Bonchev–Trinajstić information content (AvgIpc) is 2.04. The monoisotopic (exact) mass is 149 g/mol. The Kier molecular flexibility index (Phi) is 2.21. The molecule has 0 aliphatic rings. The fraction of sp³-hybridized carbons (Fsp3) is 0.250. The van der Waals surface area contributed by atoms with Crippen molar-refractivity contribution >= 4 is 5.84 Å². The number of nitrogens with two attached hydrogens (primary N) is 1. The Labute approximate surface area is 65.8 Å². The van der Waals surface area contributed by atoms with Crippen molar-refractivity contribution in [3.8, 4) is 0 Å². The van der Waals surface area contributed by atoms with Crippen LogP contribution in [0.15, 0.2) is 18.3 Å². The number of rotatable bonds is 2. The molecule has 3 heteroatoms. The predicted octanol–water partition coefficient (Wildman–Crippen LogP) is 0.928. The quantitative estimate of drug-likeness (QED) is 0.485. The minimum atomic E-state index is 0.0925. The van der Waals surface area contributed by atoms with E-state index >= 15 is 0 Å². The topological polar surface area (TPSA) is 62.8 Å². The number of pyridine rings is 1. The number of aryl methyl sites for hydroxylation is 1. The van der Waals surface area contributed by atoms with E-state index in [4.69, 9.17) is 11.1 Å². The van der Waals surface area contributed by atoms with Gasteiger partial charge in [-0.25, -0.2) is 0 Å². The van der Waals surface area contributed by atoms with Crippen molar-refractivity contribution in [1.29, 1.82) is 5.41 Å². The Morgan fingerprint density at radius 1 is 1.73 bits per heavy atom. The van der Waals surface area contributed by atoms with Crippen molar-refractivity contribution in [3.63, 3.8) is 0 Å². The molecule has 1 aromatic heterocycles. The summed E-state index contributed by atoms with van der Waals surface area (Å²) in [5, 5.41) is 7.22. The van der Waals surface area contributed by atoms with Gasteiger partial charge in [0.2, 0.25) is 0 Å². The number of amidine groups is 1. The largest absolute Gasteiger partial charge is 0.384 e. The molecule has 1 heterocycles. The molecule has 0 radical (unpaired) electrons. The van der Waals surface area contributed by atoms with Crippen LogP contribution < -0.4 is 5.73 Å². The number of nitrogens with zero attached hydrogens (tertiary/aromatic N) is 1. The zero-order valence-corrected chi connectivity index (χ0v) is 6.46. The van der Waals surface area contributed by atoms with Crippen molar-refractivity contribution in [3.05, 3.63) is 29.6 Å². The van der Waals surface area contributed by atoms with Crippen LogP contribution in [0.4, 0.5) is 0 Å². The zero-order chi connectivity index (χ0) is 8.27. The second-order valence-electron chi connectivity index (χ2n) is 2.26. The summed E-state index contributed by atoms with van der Waals surface area (Å²) in [5.41, 5.74) is 6.97. The summed E-state index contributed by atoms with van der Waals surface area (Å²) >= 11 is 0. The molecule has 0 aliphatic heterocycles. The summed E-state index contributed by atoms with van der Waals surface area (Å²) in [7, 11) is 0. The fourth-order valence-electron chi connectivity index (χ4n) is 0.965. The molecule has 11 heavy (non-hydrogen) atoms. The first-order valence-electron chi connectivity index (χ1n) is 3.54. The van der Waals surface area contributed by atoms with Crippen LogP contribution in [0.2, 0.25) is 0 Å². The lowest BCUT2D eigenvalue weighted by molar-refractivity contribution is 1.03. The third-order valence-corrected chi connectivity index (χ3v) is 1.52. The highest BCUT2D eigenvalue weighted by Crippen LogP contribution is 2.03. The molecular weight excluding hydrogens is 138 g/mol. The van der Waals surface area contributed by atoms with Crippen LogP contribution in [0.1, 0.15) is 18.2 Å². The molecule has 0 aliphatic carbocycles. The molecule has 0 amide bonds. The average molecular weight is 149 g/mol. The summed E-state index contributed by atoms with van der Waals surface area (Å²) in [5.74, 6) is 0.0925. The van der Waals surface area contributed by atoms with Crippen LogP contribution in [-0.2, 0) is 6.42 Å². The van der Waals surface area contributed by atoms with Gasteiger partial charge in [-0.2, -0.15) is 0 Å². The molecule has 1 aromatic rings. The van der Waals surface area contributed by atoms with Gasteiger partial charge in [-0.15, -0.1) is 0 Å². The third kappa shape index (κ3) is 1.55. The van der Waals surface area contributed by atoms with Gasteiger partial charge in [0.1, 0.15) is 5.84 Å². The summed E-state index contributed by atoms with van der Waals surface area (Å²) in [6, 6.07) is 3.60. The van der Waals surface area contributed by atoms with Crippen LogP contribution >= 0.6 is 0 Å². The van der Waals surface area contributed by atoms with Gasteiger partial charge in [-0.05, 0) is 18.6 Å². The van der Waals surface area contributed by atoms with Gasteiger partial charge < -0.3 is 5.73 Å². The highest BCUT2D eigenvalue weighted by Gasteiger charge is 2.01. The summed E-state index contributed by atoms with van der Waals surface area (Å²) in [6.07, 6.45) is 2.53. The first-order valence-corrected chi connectivity index (χ1v) is 3.54. The molecule has 3 N–H and O–H groups in total. The number of nitrogens with one attached hydrogen (secondary N) is 1. The molecule has 3 nitrogen and oxygen atoms in total. The van der Waals surface area contributed by atoms with Crippen molar-refractivity contribution in [1.82, 2.24) is 4.98 Å². The minimum Gasteiger partial charge on any atom is -0.384 e. The molecule has 0 saturated heterocycles. The SMILES string of the molecule is CCc1ncccc1C(=N)N. The second kappa shape index (κ2) is 3.14. The molecule has 0 unspecified atom stereocenters. The summed E-state index contributed by atoms with van der Waals surface area (Å²) < 4.78 is 0. The van der Waals surface area contributed by atoms with Crippen LogP contribution in [0, 0.1) is 5.41 Å². The summed E-state index contributed by atoms with van der Waals surface area (Å²) in [4.78, 5) is 4.10. The van der Waals surface area contributed by atoms with E-state index in [2.05, 4.69) is 4.98 Å². The van der Waals surface area contributed by atoms with Gasteiger partial charge in [-0.1, -0.05) is 6.92 Å². The molecule has 1 rings (SSSR count). The first-order chi connectivity index (χ1) is 5.25. The third-order valence-electron chi connectivity index (χ3n) is 1.52. The molecule has 0 bridgehead atoms. The van der Waals surface area contributed by atoms with Crippen molar-refractivity contribution < 1.29 is 0 Å². The molecule has 0 atom stereocenters. The van der Waals surface area contributed by atoms with E-state index in [1.54, 1.807) is 12.3 Å². The Hall–Kier alpha value is -1.38. The number of hydrogen-bond donors (Lipinski definition) is 2. The lowest BCUT2D eigenvalue weighted by Crippen LogP contribution is -2.14. The standard InChI is InChI=1S/C8H11N3/c1-2-7-6(8(9)10)4-3-5-11-7/h3-5H,2H2,1H3,(H3,9,10). The Balaban J connectivity index is 3.12. The minimum absolute atomic E-state index is 0.0925. The van der Waals surface area contributed by atoms with Gasteiger partial charge >= 0.3 is 0 Å². The van der Waals surface area contributed by atoms with E-state index in [1.807, 2.05) is 13.0 Å². The highest BCUT2D eigenvalue weighted by atomic mass is 14.7. The van der Waals surface area contributed by atoms with Crippen LogP contribution in [0.5, 0.6) is 0 Å². The van der Waals surface area contributed by atoms with E-state index in [0.29, 0.717) is 0 Å². The second-order valence-corrected chi connectivity index (χ2v) is 2.26. The predicted molar refractivity (Wildman–Crippen MR) is 44.6 cm³/mol. The van der Waals surface area contributed by atoms with Crippen LogP contribution in [0.3, 0.4) is 0 Å². The van der Waals surface area contributed by atoms with Gasteiger partial charge in [0, 0.05) is 11.8 Å². The number of nitrogen functional groups attached to an aromatic ring is 1. The van der Waals surface area contributed by atoms with Crippen molar-refractivity contribution in [2.45, 2.75) is 13.3 Å². The number of aromatic nitrogens is 1.